The van der Waals surface area contributed by atoms with Gasteiger partial charge in [0.05, 0.1) is 12.7 Å². The van der Waals surface area contributed by atoms with E-state index in [9.17, 15) is 4.79 Å². The van der Waals surface area contributed by atoms with Crippen LogP contribution in [0.4, 0.5) is 5.69 Å². The summed E-state index contributed by atoms with van der Waals surface area (Å²) in [6.07, 6.45) is 0. The molecule has 6 heteroatoms. The minimum Gasteiger partial charge on any atom is -0.465 e. The van der Waals surface area contributed by atoms with Crippen LogP contribution in [0.2, 0.25) is 0 Å². The molecule has 1 aromatic carbocycles. The van der Waals surface area contributed by atoms with Gasteiger partial charge in [0.15, 0.2) is 5.57 Å². The third-order valence-electron chi connectivity index (χ3n) is 2.49. The van der Waals surface area contributed by atoms with Gasteiger partial charge in [0.2, 0.25) is 0 Å². The van der Waals surface area contributed by atoms with Crippen molar-refractivity contribution in [1.29, 1.82) is 15.8 Å². The minimum absolute atomic E-state index is 0.139. The molecule has 1 aromatic rings. The van der Waals surface area contributed by atoms with E-state index in [-0.39, 0.29) is 11.3 Å². The van der Waals surface area contributed by atoms with E-state index in [0.717, 1.165) is 0 Å². The molecule has 0 spiro atoms. The third kappa shape index (κ3) is 3.13. The van der Waals surface area contributed by atoms with Gasteiger partial charge in [0.25, 0.3) is 0 Å². The van der Waals surface area contributed by atoms with E-state index in [0.29, 0.717) is 16.8 Å². The van der Waals surface area contributed by atoms with Crippen LogP contribution in [0.1, 0.15) is 15.9 Å². The standard InChI is InChI=1S/C14H10N4O2/c1-9-5-11(3-4-12(9)14(19)20-2)18-13(8-17)10(6-15)7-16/h3-5,18H,1-2H3. The van der Waals surface area contributed by atoms with Crippen LogP contribution in [-0.4, -0.2) is 13.1 Å². The molecule has 0 radical (unpaired) electrons. The Morgan fingerprint density at radius 1 is 1.20 bits per heavy atom. The third-order valence-corrected chi connectivity index (χ3v) is 2.49. The van der Waals surface area contributed by atoms with Gasteiger partial charge in [0, 0.05) is 5.69 Å². The van der Waals surface area contributed by atoms with Crippen LogP contribution in [0.3, 0.4) is 0 Å². The second-order valence-electron chi connectivity index (χ2n) is 3.73. The Labute approximate surface area is 116 Å². The number of anilines is 1. The van der Waals surface area contributed by atoms with Crippen molar-refractivity contribution in [3.05, 3.63) is 40.6 Å². The quantitative estimate of drug-likeness (QED) is 0.662. The Bertz CT molecular complexity index is 683. The second-order valence-corrected chi connectivity index (χ2v) is 3.73. The van der Waals surface area contributed by atoms with Crippen molar-refractivity contribution in [3.8, 4) is 18.2 Å². The fraction of sp³-hybridized carbons (Fsp3) is 0.143. The van der Waals surface area contributed by atoms with E-state index >= 15 is 0 Å². The summed E-state index contributed by atoms with van der Waals surface area (Å²) in [6, 6.07) is 9.74. The molecule has 6 nitrogen and oxygen atoms in total. The predicted octanol–water partition coefficient (Wildman–Crippen LogP) is 2.02. The van der Waals surface area contributed by atoms with Crippen molar-refractivity contribution in [2.45, 2.75) is 6.92 Å². The summed E-state index contributed by atoms with van der Waals surface area (Å²) in [5, 5.41) is 29.1. The highest BCUT2D eigenvalue weighted by molar-refractivity contribution is 5.91. The Morgan fingerprint density at radius 2 is 1.85 bits per heavy atom. The van der Waals surface area contributed by atoms with Crippen LogP contribution in [0, 0.1) is 40.9 Å². The molecule has 0 aliphatic carbocycles. The highest BCUT2D eigenvalue weighted by Crippen LogP contribution is 2.18. The number of methoxy groups -OCH3 is 1. The number of aryl methyl sites for hydroxylation is 1. The van der Waals surface area contributed by atoms with E-state index < -0.39 is 5.97 Å². The maximum atomic E-state index is 11.4. The number of ether oxygens (including phenoxy) is 1. The van der Waals surface area contributed by atoms with Gasteiger partial charge in [0.1, 0.15) is 23.9 Å². The fourth-order valence-electron chi connectivity index (χ4n) is 1.51. The van der Waals surface area contributed by atoms with Crippen molar-refractivity contribution >= 4 is 11.7 Å². The molecule has 0 atom stereocenters. The van der Waals surface area contributed by atoms with E-state index in [4.69, 9.17) is 15.8 Å². The first-order valence-electron chi connectivity index (χ1n) is 5.48. The van der Waals surface area contributed by atoms with Crippen molar-refractivity contribution < 1.29 is 9.53 Å². The lowest BCUT2D eigenvalue weighted by molar-refractivity contribution is 0.0600. The number of esters is 1. The molecule has 0 aliphatic rings. The average Bonchev–Trinajstić information content (AvgIpc) is 2.46. The van der Waals surface area contributed by atoms with Gasteiger partial charge in [-0.15, -0.1) is 0 Å². The first-order chi connectivity index (χ1) is 9.57. The molecule has 0 saturated heterocycles. The lowest BCUT2D eigenvalue weighted by Gasteiger charge is -2.08. The number of allylic oxidation sites excluding steroid dienone is 2. The number of rotatable bonds is 3. The summed E-state index contributed by atoms with van der Waals surface area (Å²) in [6.45, 7) is 1.71. The molecule has 0 aromatic heterocycles. The first-order valence-corrected chi connectivity index (χ1v) is 5.48. The summed E-state index contributed by atoms with van der Waals surface area (Å²) >= 11 is 0. The van der Waals surface area contributed by atoms with E-state index in [1.165, 1.54) is 13.2 Å². The molecule has 0 bridgehead atoms. The number of nitriles is 3. The van der Waals surface area contributed by atoms with Crippen molar-refractivity contribution in [1.82, 2.24) is 0 Å². The molecule has 20 heavy (non-hydrogen) atoms. The van der Waals surface area contributed by atoms with Crippen molar-refractivity contribution in [2.75, 3.05) is 12.4 Å². The smallest absolute Gasteiger partial charge is 0.338 e. The molecule has 0 aliphatic heterocycles. The van der Waals surface area contributed by atoms with Gasteiger partial charge in [-0.25, -0.2) is 4.79 Å². The number of carbonyl (C=O) groups is 1. The van der Waals surface area contributed by atoms with Crippen LogP contribution < -0.4 is 5.32 Å². The molecule has 1 N–H and O–H groups in total. The molecular weight excluding hydrogens is 256 g/mol. The Morgan fingerprint density at radius 3 is 2.30 bits per heavy atom. The van der Waals surface area contributed by atoms with Gasteiger partial charge < -0.3 is 10.1 Å². The second kappa shape index (κ2) is 6.58. The molecule has 0 heterocycles. The lowest BCUT2D eigenvalue weighted by atomic mass is 10.1. The van der Waals surface area contributed by atoms with Crippen LogP contribution in [0.5, 0.6) is 0 Å². The number of nitrogens with zero attached hydrogens (tertiary/aromatic N) is 3. The maximum absolute atomic E-state index is 11.4. The first kappa shape index (κ1) is 14.8. The Hall–Kier alpha value is -3.30. The minimum atomic E-state index is -0.458. The SMILES string of the molecule is COC(=O)c1ccc(NC(C#N)=C(C#N)C#N)cc1C. The van der Waals surface area contributed by atoms with Gasteiger partial charge in [-0.3, -0.25) is 0 Å². The van der Waals surface area contributed by atoms with Crippen LogP contribution in [0.15, 0.2) is 29.5 Å². The Kier molecular flexibility index (Phi) is 4.86. The number of nitrogens with one attached hydrogen (secondary N) is 1. The largest absolute Gasteiger partial charge is 0.465 e. The van der Waals surface area contributed by atoms with E-state index in [2.05, 4.69) is 10.1 Å². The van der Waals surface area contributed by atoms with Gasteiger partial charge >= 0.3 is 5.97 Å². The maximum Gasteiger partial charge on any atom is 0.338 e. The molecule has 0 fully saturated rings. The zero-order valence-corrected chi connectivity index (χ0v) is 10.9. The molecule has 0 unspecified atom stereocenters. The van der Waals surface area contributed by atoms with E-state index in [1.54, 1.807) is 37.3 Å². The van der Waals surface area contributed by atoms with Gasteiger partial charge in [-0.2, -0.15) is 15.8 Å². The van der Waals surface area contributed by atoms with Crippen LogP contribution in [-0.2, 0) is 4.74 Å². The monoisotopic (exact) mass is 266 g/mol. The summed E-state index contributed by atoms with van der Waals surface area (Å²) in [7, 11) is 1.29. The highest BCUT2D eigenvalue weighted by Gasteiger charge is 2.11. The normalized spacial score (nSPS) is 8.55. The number of hydrogen-bond donors (Lipinski definition) is 1. The summed E-state index contributed by atoms with van der Waals surface area (Å²) in [4.78, 5) is 11.4. The summed E-state index contributed by atoms with van der Waals surface area (Å²) in [5.41, 5.74) is 1.10. The molecule has 0 amide bonds. The lowest BCUT2D eigenvalue weighted by Crippen LogP contribution is -2.05. The highest BCUT2D eigenvalue weighted by atomic mass is 16.5. The van der Waals surface area contributed by atoms with Crippen molar-refractivity contribution in [2.24, 2.45) is 0 Å². The average molecular weight is 266 g/mol. The van der Waals surface area contributed by atoms with Crippen LogP contribution >= 0.6 is 0 Å². The van der Waals surface area contributed by atoms with Gasteiger partial charge in [-0.05, 0) is 30.7 Å². The van der Waals surface area contributed by atoms with Gasteiger partial charge in [-0.1, -0.05) is 0 Å². The molecule has 1 rings (SSSR count). The summed E-state index contributed by atoms with van der Waals surface area (Å²) in [5.74, 6) is -0.458. The molecule has 98 valence electrons. The summed E-state index contributed by atoms with van der Waals surface area (Å²) < 4.78 is 4.63. The number of hydrogen-bond acceptors (Lipinski definition) is 6. The zero-order valence-electron chi connectivity index (χ0n) is 10.9. The number of benzene rings is 1. The molecular formula is C14H10N4O2. The topological polar surface area (TPSA) is 110 Å². The number of carbonyl (C=O) groups excluding carboxylic acids is 1. The fourth-order valence-corrected chi connectivity index (χ4v) is 1.51. The Balaban J connectivity index is 3.14. The van der Waals surface area contributed by atoms with Crippen molar-refractivity contribution in [3.63, 3.8) is 0 Å². The zero-order chi connectivity index (χ0) is 15.1. The van der Waals surface area contributed by atoms with E-state index in [1.807, 2.05) is 0 Å². The molecule has 0 saturated carbocycles. The van der Waals surface area contributed by atoms with Crippen LogP contribution in [0.25, 0.3) is 0 Å². The predicted molar refractivity (Wildman–Crippen MR) is 70.0 cm³/mol.